The van der Waals surface area contributed by atoms with E-state index in [4.69, 9.17) is 0 Å². The summed E-state index contributed by atoms with van der Waals surface area (Å²) in [6.07, 6.45) is 1.97. The first-order valence-corrected chi connectivity index (χ1v) is 4.66. The lowest BCUT2D eigenvalue weighted by molar-refractivity contribution is -0.124. The van der Waals surface area contributed by atoms with Crippen LogP contribution in [0.2, 0.25) is 0 Å². The molecule has 72 valence electrons. The average Bonchev–Trinajstić information content (AvgIpc) is 2.14. The zero-order chi connectivity index (χ0) is 9.78. The summed E-state index contributed by atoms with van der Waals surface area (Å²) in [5, 5.41) is 9.81. The molecule has 2 nitrogen and oxygen atoms in total. The van der Waals surface area contributed by atoms with Gasteiger partial charge in [0.25, 0.3) is 0 Å². The van der Waals surface area contributed by atoms with E-state index in [0.29, 0.717) is 6.42 Å². The zero-order valence-electron chi connectivity index (χ0n) is 8.50. The Kier molecular flexibility index (Phi) is 4.46. The lowest BCUT2D eigenvalue weighted by Gasteiger charge is -2.31. The van der Waals surface area contributed by atoms with E-state index in [1.54, 1.807) is 0 Å². The summed E-state index contributed by atoms with van der Waals surface area (Å²) in [7, 11) is 0. The molecule has 0 aliphatic carbocycles. The number of aliphatic hydroxyl groups is 1. The number of carbonyl (C=O) groups is 1. The second-order valence-electron chi connectivity index (χ2n) is 3.81. The number of hydrogen-bond acceptors (Lipinski definition) is 2. The molecule has 3 unspecified atom stereocenters. The van der Waals surface area contributed by atoms with Gasteiger partial charge in [-0.25, -0.2) is 0 Å². The molecule has 0 radical (unpaired) electrons. The van der Waals surface area contributed by atoms with Gasteiger partial charge in [0, 0.05) is 5.41 Å². The van der Waals surface area contributed by atoms with Crippen LogP contribution in [0.5, 0.6) is 0 Å². The van der Waals surface area contributed by atoms with Crippen molar-refractivity contribution in [1.82, 2.24) is 0 Å². The standard InChI is InChI=1S/C10H20O2/c1-5-8(3)9(12)10(4,6-2)7-11/h7-9,12H,5-6H2,1-4H3. The summed E-state index contributed by atoms with van der Waals surface area (Å²) < 4.78 is 0. The van der Waals surface area contributed by atoms with E-state index in [2.05, 4.69) is 0 Å². The molecule has 0 amide bonds. The van der Waals surface area contributed by atoms with Gasteiger partial charge in [-0.2, -0.15) is 0 Å². The van der Waals surface area contributed by atoms with Crippen molar-refractivity contribution in [3.63, 3.8) is 0 Å². The van der Waals surface area contributed by atoms with Gasteiger partial charge >= 0.3 is 0 Å². The second kappa shape index (κ2) is 4.61. The fourth-order valence-corrected chi connectivity index (χ4v) is 1.24. The Labute approximate surface area is 75.0 Å². The monoisotopic (exact) mass is 172 g/mol. The van der Waals surface area contributed by atoms with Crippen LogP contribution in [-0.2, 0) is 4.79 Å². The van der Waals surface area contributed by atoms with E-state index < -0.39 is 11.5 Å². The maximum Gasteiger partial charge on any atom is 0.128 e. The lowest BCUT2D eigenvalue weighted by Crippen LogP contribution is -2.37. The quantitative estimate of drug-likeness (QED) is 0.644. The normalized spacial score (nSPS) is 21.1. The van der Waals surface area contributed by atoms with Crippen molar-refractivity contribution in [2.75, 3.05) is 0 Å². The number of carbonyl (C=O) groups excluding carboxylic acids is 1. The molecule has 1 N–H and O–H groups in total. The minimum Gasteiger partial charge on any atom is -0.392 e. The molecule has 0 aliphatic heterocycles. The van der Waals surface area contributed by atoms with E-state index >= 15 is 0 Å². The summed E-state index contributed by atoms with van der Waals surface area (Å²) in [5.74, 6) is 0.195. The van der Waals surface area contributed by atoms with Gasteiger partial charge in [-0.15, -0.1) is 0 Å². The minimum absolute atomic E-state index is 0.195. The first-order valence-electron chi connectivity index (χ1n) is 4.66. The molecule has 0 heterocycles. The maximum atomic E-state index is 10.8. The van der Waals surface area contributed by atoms with Crippen LogP contribution in [0.1, 0.15) is 40.5 Å². The molecule has 0 spiro atoms. The first kappa shape index (κ1) is 11.6. The van der Waals surface area contributed by atoms with Crippen LogP contribution < -0.4 is 0 Å². The largest absolute Gasteiger partial charge is 0.392 e. The Bertz CT molecular complexity index is 145. The second-order valence-corrected chi connectivity index (χ2v) is 3.81. The molecule has 0 bridgehead atoms. The van der Waals surface area contributed by atoms with Gasteiger partial charge in [-0.3, -0.25) is 0 Å². The summed E-state index contributed by atoms with van der Waals surface area (Å²) in [6.45, 7) is 7.74. The highest BCUT2D eigenvalue weighted by Crippen LogP contribution is 2.29. The molecule has 2 heteroatoms. The molecule has 0 aromatic heterocycles. The Hall–Kier alpha value is -0.370. The molecule has 0 aliphatic rings. The van der Waals surface area contributed by atoms with Gasteiger partial charge in [0.05, 0.1) is 6.10 Å². The number of aldehydes is 1. The fourth-order valence-electron chi connectivity index (χ4n) is 1.24. The van der Waals surface area contributed by atoms with E-state index in [1.807, 2.05) is 27.7 Å². The third kappa shape index (κ3) is 2.31. The van der Waals surface area contributed by atoms with Crippen LogP contribution in [-0.4, -0.2) is 17.5 Å². The van der Waals surface area contributed by atoms with Crippen molar-refractivity contribution in [1.29, 1.82) is 0 Å². The Balaban J connectivity index is 4.40. The highest BCUT2D eigenvalue weighted by atomic mass is 16.3. The highest BCUT2D eigenvalue weighted by Gasteiger charge is 2.33. The van der Waals surface area contributed by atoms with Crippen molar-refractivity contribution in [3.8, 4) is 0 Å². The van der Waals surface area contributed by atoms with Crippen LogP contribution in [0.25, 0.3) is 0 Å². The molecular weight excluding hydrogens is 152 g/mol. The summed E-state index contributed by atoms with van der Waals surface area (Å²) in [4.78, 5) is 10.8. The molecule has 0 rings (SSSR count). The smallest absolute Gasteiger partial charge is 0.128 e. The molecule has 12 heavy (non-hydrogen) atoms. The Morgan fingerprint density at radius 3 is 2.25 bits per heavy atom. The predicted molar refractivity (Wildman–Crippen MR) is 49.9 cm³/mol. The van der Waals surface area contributed by atoms with E-state index in [0.717, 1.165) is 12.7 Å². The molecule has 0 fully saturated rings. The number of hydrogen-bond donors (Lipinski definition) is 1. The highest BCUT2D eigenvalue weighted by molar-refractivity contribution is 5.59. The van der Waals surface area contributed by atoms with Crippen LogP contribution in [0.3, 0.4) is 0 Å². The third-order valence-electron chi connectivity index (χ3n) is 2.89. The first-order chi connectivity index (χ1) is 5.51. The molecular formula is C10H20O2. The van der Waals surface area contributed by atoms with Gasteiger partial charge in [-0.05, 0) is 12.3 Å². The summed E-state index contributed by atoms with van der Waals surface area (Å²) in [5.41, 5.74) is -0.560. The average molecular weight is 172 g/mol. The lowest BCUT2D eigenvalue weighted by atomic mass is 9.77. The molecule has 0 saturated heterocycles. The Morgan fingerprint density at radius 2 is 2.00 bits per heavy atom. The summed E-state index contributed by atoms with van der Waals surface area (Å²) in [6, 6.07) is 0. The molecule has 3 atom stereocenters. The summed E-state index contributed by atoms with van der Waals surface area (Å²) >= 11 is 0. The molecule has 0 saturated carbocycles. The molecule has 0 aromatic carbocycles. The fraction of sp³-hybridized carbons (Fsp3) is 0.900. The van der Waals surface area contributed by atoms with Gasteiger partial charge in [0.2, 0.25) is 0 Å². The number of rotatable bonds is 5. The van der Waals surface area contributed by atoms with E-state index in [-0.39, 0.29) is 5.92 Å². The Morgan fingerprint density at radius 1 is 1.50 bits per heavy atom. The topological polar surface area (TPSA) is 37.3 Å². The SMILES string of the molecule is CCC(C)C(O)C(C)(C=O)CC. The maximum absolute atomic E-state index is 10.8. The van der Waals surface area contributed by atoms with Crippen molar-refractivity contribution in [2.45, 2.75) is 46.6 Å². The third-order valence-corrected chi connectivity index (χ3v) is 2.89. The van der Waals surface area contributed by atoms with Gasteiger partial charge in [0.1, 0.15) is 6.29 Å². The van der Waals surface area contributed by atoms with E-state index in [1.165, 1.54) is 0 Å². The zero-order valence-corrected chi connectivity index (χ0v) is 8.50. The van der Waals surface area contributed by atoms with E-state index in [9.17, 15) is 9.90 Å². The number of aliphatic hydroxyl groups excluding tert-OH is 1. The van der Waals surface area contributed by atoms with Gasteiger partial charge in [0.15, 0.2) is 0 Å². The van der Waals surface area contributed by atoms with Crippen LogP contribution in [0.15, 0.2) is 0 Å². The van der Waals surface area contributed by atoms with Crippen molar-refractivity contribution < 1.29 is 9.90 Å². The van der Waals surface area contributed by atoms with Gasteiger partial charge < -0.3 is 9.90 Å². The van der Waals surface area contributed by atoms with Crippen molar-refractivity contribution >= 4 is 6.29 Å². The predicted octanol–water partition coefficient (Wildman–Crippen LogP) is 2.01. The van der Waals surface area contributed by atoms with Gasteiger partial charge in [-0.1, -0.05) is 34.1 Å². The molecule has 0 aromatic rings. The van der Waals surface area contributed by atoms with Crippen molar-refractivity contribution in [3.05, 3.63) is 0 Å². The van der Waals surface area contributed by atoms with Crippen molar-refractivity contribution in [2.24, 2.45) is 11.3 Å². The minimum atomic E-state index is -0.560. The van der Waals surface area contributed by atoms with Crippen LogP contribution in [0.4, 0.5) is 0 Å². The van der Waals surface area contributed by atoms with Crippen LogP contribution >= 0.6 is 0 Å². The van der Waals surface area contributed by atoms with Crippen LogP contribution in [0, 0.1) is 11.3 Å².